The largest absolute Gasteiger partial charge is 0.337 e. The number of hydrogen-bond acceptors (Lipinski definition) is 4. The topological polar surface area (TPSA) is 42.5 Å². The van der Waals surface area contributed by atoms with E-state index >= 15 is 0 Å². The van der Waals surface area contributed by atoms with Gasteiger partial charge in [-0.3, -0.25) is 0 Å². The summed E-state index contributed by atoms with van der Waals surface area (Å²) in [6, 6.07) is 7.77. The highest BCUT2D eigenvalue weighted by molar-refractivity contribution is 5.33. The molecule has 0 bridgehead atoms. The molecule has 0 atom stereocenters. The van der Waals surface area contributed by atoms with Crippen LogP contribution in [0.1, 0.15) is 5.56 Å². The van der Waals surface area contributed by atoms with Crippen LogP contribution in [0, 0.1) is 0 Å². The van der Waals surface area contributed by atoms with E-state index in [1.54, 1.807) is 0 Å². The van der Waals surface area contributed by atoms with Crippen molar-refractivity contribution in [3.05, 3.63) is 29.8 Å². The molecule has 15 heavy (non-hydrogen) atoms. The highest BCUT2D eigenvalue weighted by Crippen LogP contribution is 2.24. The molecular weight excluding hydrogens is 192 g/mol. The van der Waals surface area contributed by atoms with Crippen molar-refractivity contribution in [1.82, 2.24) is 10.6 Å². The maximum Gasteiger partial charge on any atom is 0.171 e. The number of para-hydroxylation sites is 1. The summed E-state index contributed by atoms with van der Waals surface area (Å²) in [6.07, 6.45) is 0. The van der Waals surface area contributed by atoms with E-state index in [1.807, 2.05) is 24.3 Å². The van der Waals surface area contributed by atoms with Gasteiger partial charge in [0.2, 0.25) is 0 Å². The minimum atomic E-state index is 0.580. The monoisotopic (exact) mass is 208 g/mol. The normalized spacial score (nSPS) is 18.4. The molecule has 0 aliphatic carbocycles. The van der Waals surface area contributed by atoms with Gasteiger partial charge >= 0.3 is 0 Å². The van der Waals surface area contributed by atoms with E-state index in [-0.39, 0.29) is 0 Å². The average molecular weight is 208 g/mol. The Bertz CT molecular complexity index is 266. The molecule has 4 heteroatoms. The molecule has 82 valence electrons. The van der Waals surface area contributed by atoms with E-state index < -0.39 is 0 Å². The van der Waals surface area contributed by atoms with E-state index in [0.717, 1.165) is 37.5 Å². The molecule has 0 unspecified atom stereocenters. The molecule has 2 aliphatic heterocycles. The highest BCUT2D eigenvalue weighted by Gasteiger charge is 2.10. The molecule has 1 aromatic rings. The summed E-state index contributed by atoms with van der Waals surface area (Å²) in [5.74, 6) is 0.845. The summed E-state index contributed by atoms with van der Waals surface area (Å²) in [6.45, 7) is 5.14. The van der Waals surface area contributed by atoms with Crippen LogP contribution in [-0.2, 0) is 11.5 Å². The van der Waals surface area contributed by atoms with Crippen LogP contribution in [0.4, 0.5) is 0 Å². The first kappa shape index (κ1) is 10.4. The third-order valence-electron chi connectivity index (χ3n) is 2.29. The second-order valence-corrected chi connectivity index (χ2v) is 3.45. The molecule has 0 spiro atoms. The van der Waals surface area contributed by atoms with Gasteiger partial charge in [-0.15, -0.1) is 0 Å². The van der Waals surface area contributed by atoms with Crippen LogP contribution >= 0.6 is 0 Å². The molecule has 4 nitrogen and oxygen atoms in total. The lowest BCUT2D eigenvalue weighted by atomic mass is 10.2. The van der Waals surface area contributed by atoms with Crippen molar-refractivity contribution in [3.8, 4) is 5.75 Å². The minimum absolute atomic E-state index is 0.580. The lowest BCUT2D eigenvalue weighted by Crippen LogP contribution is -2.39. The number of piperazine rings is 1. The standard InChI is InChI=1S/C7H6O2.C4H10N2/c1-2-4-7-6(3-1)5-8-9-7;1-2-6-4-3-5-1/h1-4H,5H2;5-6H,1-4H2. The van der Waals surface area contributed by atoms with Gasteiger partial charge in [0.15, 0.2) is 5.75 Å². The maximum atomic E-state index is 4.80. The molecule has 0 aromatic heterocycles. The van der Waals surface area contributed by atoms with Crippen molar-refractivity contribution in [2.75, 3.05) is 26.2 Å². The van der Waals surface area contributed by atoms with E-state index in [4.69, 9.17) is 9.78 Å². The van der Waals surface area contributed by atoms with E-state index in [2.05, 4.69) is 10.6 Å². The molecule has 0 saturated carbocycles. The van der Waals surface area contributed by atoms with Crippen molar-refractivity contribution in [2.45, 2.75) is 6.61 Å². The number of fused-ring (bicyclic) bond motifs is 1. The molecule has 1 aromatic carbocycles. The number of benzene rings is 1. The number of nitrogens with one attached hydrogen (secondary N) is 2. The molecule has 0 radical (unpaired) electrons. The minimum Gasteiger partial charge on any atom is -0.337 e. The third kappa shape index (κ3) is 3.20. The number of hydrogen-bond donors (Lipinski definition) is 2. The Morgan fingerprint density at radius 1 is 0.933 bits per heavy atom. The van der Waals surface area contributed by atoms with Crippen LogP contribution < -0.4 is 15.5 Å². The van der Waals surface area contributed by atoms with Gasteiger partial charge in [-0.05, 0) is 6.07 Å². The van der Waals surface area contributed by atoms with Crippen LogP contribution in [0.15, 0.2) is 24.3 Å². The van der Waals surface area contributed by atoms with Gasteiger partial charge in [0, 0.05) is 31.7 Å². The summed E-state index contributed by atoms with van der Waals surface area (Å²) in [5.41, 5.74) is 1.12. The predicted octanol–water partition coefficient (Wildman–Crippen LogP) is 0.690. The maximum absolute atomic E-state index is 4.80. The fraction of sp³-hybridized carbons (Fsp3) is 0.455. The molecule has 2 heterocycles. The Morgan fingerprint density at radius 3 is 2.20 bits per heavy atom. The molecule has 2 aliphatic rings. The van der Waals surface area contributed by atoms with Gasteiger partial charge in [0.25, 0.3) is 0 Å². The van der Waals surface area contributed by atoms with Crippen LogP contribution in [0.3, 0.4) is 0 Å². The van der Waals surface area contributed by atoms with Crippen LogP contribution in [0.2, 0.25) is 0 Å². The van der Waals surface area contributed by atoms with Gasteiger partial charge < -0.3 is 15.5 Å². The predicted molar refractivity (Wildman–Crippen MR) is 57.6 cm³/mol. The highest BCUT2D eigenvalue weighted by atomic mass is 17.2. The summed E-state index contributed by atoms with van der Waals surface area (Å²) in [7, 11) is 0. The van der Waals surface area contributed by atoms with Crippen LogP contribution in [0.5, 0.6) is 5.75 Å². The second kappa shape index (κ2) is 5.70. The van der Waals surface area contributed by atoms with E-state index in [1.165, 1.54) is 0 Å². The molecular formula is C11H16N2O2. The fourth-order valence-corrected chi connectivity index (χ4v) is 1.46. The van der Waals surface area contributed by atoms with Crippen LogP contribution in [0.25, 0.3) is 0 Å². The van der Waals surface area contributed by atoms with Gasteiger partial charge in [-0.2, -0.15) is 4.89 Å². The zero-order valence-corrected chi connectivity index (χ0v) is 8.66. The van der Waals surface area contributed by atoms with Gasteiger partial charge in [-0.25, -0.2) is 0 Å². The Balaban J connectivity index is 0.000000124. The Hall–Kier alpha value is -1.10. The van der Waals surface area contributed by atoms with Gasteiger partial charge in [0.1, 0.15) is 6.61 Å². The van der Waals surface area contributed by atoms with Crippen molar-refractivity contribution in [2.24, 2.45) is 0 Å². The van der Waals surface area contributed by atoms with Crippen molar-refractivity contribution in [3.63, 3.8) is 0 Å². The van der Waals surface area contributed by atoms with E-state index in [0.29, 0.717) is 6.61 Å². The summed E-state index contributed by atoms with van der Waals surface area (Å²) >= 11 is 0. The molecule has 1 saturated heterocycles. The lowest BCUT2D eigenvalue weighted by molar-refractivity contribution is -0.194. The summed E-state index contributed by atoms with van der Waals surface area (Å²) in [5, 5.41) is 6.44. The van der Waals surface area contributed by atoms with Crippen molar-refractivity contribution < 1.29 is 9.78 Å². The SMILES string of the molecule is C1CNCCN1.c1ccc2c(c1)COO2. The van der Waals surface area contributed by atoms with Crippen molar-refractivity contribution >= 4 is 0 Å². The molecule has 3 rings (SSSR count). The first-order chi connectivity index (χ1) is 7.47. The zero-order chi connectivity index (χ0) is 10.3. The molecule has 1 fully saturated rings. The van der Waals surface area contributed by atoms with Gasteiger partial charge in [-0.1, -0.05) is 18.2 Å². The van der Waals surface area contributed by atoms with Crippen LogP contribution in [-0.4, -0.2) is 26.2 Å². The average Bonchev–Trinajstić information content (AvgIpc) is 2.80. The summed E-state index contributed by atoms with van der Waals surface area (Å²) in [4.78, 5) is 9.51. The smallest absolute Gasteiger partial charge is 0.171 e. The molecule has 0 amide bonds. The van der Waals surface area contributed by atoms with Crippen molar-refractivity contribution in [1.29, 1.82) is 0 Å². The quantitative estimate of drug-likeness (QED) is 0.616. The van der Waals surface area contributed by atoms with E-state index in [9.17, 15) is 0 Å². The summed E-state index contributed by atoms with van der Waals surface area (Å²) < 4.78 is 0. The first-order valence-electron chi connectivity index (χ1n) is 5.25. The fourth-order valence-electron chi connectivity index (χ4n) is 1.46. The Labute approximate surface area is 89.5 Å². The first-order valence-corrected chi connectivity index (χ1v) is 5.25. The Kier molecular flexibility index (Phi) is 3.96. The number of rotatable bonds is 0. The third-order valence-corrected chi connectivity index (χ3v) is 2.29. The second-order valence-electron chi connectivity index (χ2n) is 3.45. The zero-order valence-electron chi connectivity index (χ0n) is 8.66. The lowest BCUT2D eigenvalue weighted by Gasteiger charge is -2.11. The molecule has 2 N–H and O–H groups in total. The van der Waals surface area contributed by atoms with Gasteiger partial charge in [0.05, 0.1) is 0 Å². The Morgan fingerprint density at radius 2 is 1.60 bits per heavy atom.